The molecule has 0 radical (unpaired) electrons. The highest BCUT2D eigenvalue weighted by Gasteiger charge is 2.14. The monoisotopic (exact) mass is 373 g/mol. The van der Waals surface area contributed by atoms with Crippen LogP contribution in [0.15, 0.2) is 76.4 Å². The minimum absolute atomic E-state index is 0.0497. The number of nitrogens with one attached hydrogen (secondary N) is 1. The molecule has 0 atom stereocenters. The van der Waals surface area contributed by atoms with Crippen molar-refractivity contribution in [3.05, 3.63) is 82.9 Å². The van der Waals surface area contributed by atoms with Crippen LogP contribution < -0.4 is 10.3 Å². The normalized spacial score (nSPS) is 11.4. The Bertz CT molecular complexity index is 1070. The van der Waals surface area contributed by atoms with Gasteiger partial charge in [-0.25, -0.2) is 22.2 Å². The van der Waals surface area contributed by atoms with Gasteiger partial charge in [0.15, 0.2) is 0 Å². The fourth-order valence-electron chi connectivity index (χ4n) is 2.38. The van der Waals surface area contributed by atoms with E-state index in [1.54, 1.807) is 6.07 Å². The van der Waals surface area contributed by atoms with E-state index in [1.165, 1.54) is 22.9 Å². The van der Waals surface area contributed by atoms with Crippen molar-refractivity contribution in [2.45, 2.75) is 11.4 Å². The molecule has 134 valence electrons. The Balaban J connectivity index is 1.73. The molecule has 0 aliphatic carbocycles. The molecule has 0 unspecified atom stereocenters. The average Bonchev–Trinajstić information content (AvgIpc) is 2.64. The summed E-state index contributed by atoms with van der Waals surface area (Å²) in [6.07, 6.45) is 0. The Labute approximate surface area is 150 Å². The highest BCUT2D eigenvalue weighted by atomic mass is 32.2. The third-order valence-electron chi connectivity index (χ3n) is 3.66. The minimum Gasteiger partial charge on any atom is -0.268 e. The highest BCUT2D eigenvalue weighted by molar-refractivity contribution is 7.89. The molecular weight excluding hydrogens is 357 g/mol. The molecule has 0 saturated heterocycles. The maximum Gasteiger partial charge on any atom is 0.266 e. The Hall–Kier alpha value is -2.84. The molecule has 0 aliphatic heterocycles. The zero-order valence-electron chi connectivity index (χ0n) is 13.7. The number of halogens is 1. The maximum absolute atomic E-state index is 13.2. The van der Waals surface area contributed by atoms with E-state index in [9.17, 15) is 17.6 Å². The SMILES string of the molecule is O=c1ccc(-c2ccccc2)nn1CCNS(=O)(=O)c1cccc(F)c1. The molecule has 0 amide bonds. The van der Waals surface area contributed by atoms with E-state index in [0.29, 0.717) is 5.69 Å². The molecule has 8 heteroatoms. The Morgan fingerprint density at radius 1 is 1.00 bits per heavy atom. The summed E-state index contributed by atoms with van der Waals surface area (Å²) in [7, 11) is -3.86. The quantitative estimate of drug-likeness (QED) is 0.717. The largest absolute Gasteiger partial charge is 0.268 e. The number of nitrogens with zero attached hydrogens (tertiary/aromatic N) is 2. The molecule has 0 spiro atoms. The summed E-state index contributed by atoms with van der Waals surface area (Å²) in [5, 5.41) is 4.26. The van der Waals surface area contributed by atoms with Gasteiger partial charge in [-0.05, 0) is 24.3 Å². The number of aromatic nitrogens is 2. The molecule has 1 N–H and O–H groups in total. The lowest BCUT2D eigenvalue weighted by Crippen LogP contribution is -2.32. The second-order valence-corrected chi connectivity index (χ2v) is 7.27. The van der Waals surface area contributed by atoms with E-state index in [0.717, 1.165) is 17.7 Å². The van der Waals surface area contributed by atoms with Crippen molar-refractivity contribution in [3.8, 4) is 11.3 Å². The lowest BCUT2D eigenvalue weighted by molar-refractivity contribution is 0.547. The predicted molar refractivity (Wildman–Crippen MR) is 95.5 cm³/mol. The molecule has 1 aromatic heterocycles. The van der Waals surface area contributed by atoms with Gasteiger partial charge in [-0.1, -0.05) is 36.4 Å². The van der Waals surface area contributed by atoms with Crippen LogP contribution in [0.5, 0.6) is 0 Å². The summed E-state index contributed by atoms with van der Waals surface area (Å²) in [5.41, 5.74) is 1.12. The van der Waals surface area contributed by atoms with Gasteiger partial charge in [-0.2, -0.15) is 5.10 Å². The number of rotatable bonds is 6. The van der Waals surface area contributed by atoms with Crippen LogP contribution in [0.2, 0.25) is 0 Å². The van der Waals surface area contributed by atoms with Gasteiger partial charge in [-0.15, -0.1) is 0 Å². The first kappa shape index (κ1) is 18.0. The average molecular weight is 373 g/mol. The number of hydrogen-bond acceptors (Lipinski definition) is 4. The summed E-state index contributed by atoms with van der Waals surface area (Å²) < 4.78 is 41.1. The molecule has 0 saturated carbocycles. The van der Waals surface area contributed by atoms with E-state index in [2.05, 4.69) is 9.82 Å². The van der Waals surface area contributed by atoms with Gasteiger partial charge in [0, 0.05) is 18.2 Å². The maximum atomic E-state index is 13.2. The third kappa shape index (κ3) is 4.22. The van der Waals surface area contributed by atoms with Gasteiger partial charge >= 0.3 is 0 Å². The van der Waals surface area contributed by atoms with E-state index in [1.807, 2.05) is 30.3 Å². The van der Waals surface area contributed by atoms with Gasteiger partial charge in [0.2, 0.25) is 10.0 Å². The van der Waals surface area contributed by atoms with Crippen molar-refractivity contribution in [2.24, 2.45) is 0 Å². The smallest absolute Gasteiger partial charge is 0.266 e. The molecule has 3 rings (SSSR count). The van der Waals surface area contributed by atoms with E-state index < -0.39 is 15.8 Å². The fourth-order valence-corrected chi connectivity index (χ4v) is 3.43. The first-order valence-corrected chi connectivity index (χ1v) is 9.33. The van der Waals surface area contributed by atoms with Gasteiger partial charge in [0.25, 0.3) is 5.56 Å². The van der Waals surface area contributed by atoms with E-state index >= 15 is 0 Å². The molecule has 1 heterocycles. The fraction of sp³-hybridized carbons (Fsp3) is 0.111. The van der Waals surface area contributed by atoms with Crippen molar-refractivity contribution in [1.29, 1.82) is 0 Å². The van der Waals surface area contributed by atoms with E-state index in [-0.39, 0.29) is 23.5 Å². The molecular formula is C18H16FN3O3S. The van der Waals surface area contributed by atoms with Gasteiger partial charge in [0.1, 0.15) is 5.82 Å². The van der Waals surface area contributed by atoms with Crippen LogP contribution in [0.25, 0.3) is 11.3 Å². The van der Waals surface area contributed by atoms with Crippen molar-refractivity contribution in [2.75, 3.05) is 6.54 Å². The second-order valence-electron chi connectivity index (χ2n) is 5.50. The van der Waals surface area contributed by atoms with E-state index in [4.69, 9.17) is 0 Å². The van der Waals surface area contributed by atoms with Crippen molar-refractivity contribution < 1.29 is 12.8 Å². The van der Waals surface area contributed by atoms with Crippen molar-refractivity contribution in [3.63, 3.8) is 0 Å². The van der Waals surface area contributed by atoms with Gasteiger partial charge < -0.3 is 0 Å². The number of benzene rings is 2. The topological polar surface area (TPSA) is 81.1 Å². The first-order chi connectivity index (χ1) is 12.5. The Kier molecular flexibility index (Phi) is 5.24. The first-order valence-electron chi connectivity index (χ1n) is 7.84. The van der Waals surface area contributed by atoms with Crippen LogP contribution in [-0.4, -0.2) is 24.7 Å². The lowest BCUT2D eigenvalue weighted by Gasteiger charge is -2.09. The third-order valence-corrected chi connectivity index (χ3v) is 5.12. The predicted octanol–water partition coefficient (Wildman–Crippen LogP) is 2.03. The summed E-state index contributed by atoms with van der Waals surface area (Å²) in [4.78, 5) is 11.8. The summed E-state index contributed by atoms with van der Waals surface area (Å²) in [6, 6.07) is 17.0. The molecule has 26 heavy (non-hydrogen) atoms. The molecule has 0 bridgehead atoms. The molecule has 0 aliphatic rings. The van der Waals surface area contributed by atoms with Crippen LogP contribution in [-0.2, 0) is 16.6 Å². The second kappa shape index (κ2) is 7.59. The Morgan fingerprint density at radius 3 is 2.50 bits per heavy atom. The summed E-state index contributed by atoms with van der Waals surface area (Å²) in [6.45, 7) is -0.00194. The van der Waals surface area contributed by atoms with Crippen molar-refractivity contribution >= 4 is 10.0 Å². The highest BCUT2D eigenvalue weighted by Crippen LogP contribution is 2.14. The molecule has 2 aromatic carbocycles. The molecule has 0 fully saturated rings. The lowest BCUT2D eigenvalue weighted by atomic mass is 10.1. The van der Waals surface area contributed by atoms with Gasteiger partial charge in [0.05, 0.1) is 17.1 Å². The van der Waals surface area contributed by atoms with Crippen LogP contribution in [0, 0.1) is 5.82 Å². The number of sulfonamides is 1. The van der Waals surface area contributed by atoms with Crippen LogP contribution >= 0.6 is 0 Å². The van der Waals surface area contributed by atoms with Crippen LogP contribution in [0.4, 0.5) is 4.39 Å². The standard InChI is InChI=1S/C18H16FN3O3S/c19-15-7-4-8-16(13-15)26(24,25)20-11-12-22-18(23)10-9-17(21-22)14-5-2-1-3-6-14/h1-10,13,20H,11-12H2. The zero-order valence-corrected chi connectivity index (χ0v) is 14.5. The van der Waals surface area contributed by atoms with Crippen LogP contribution in [0.1, 0.15) is 0 Å². The molecule has 3 aromatic rings. The molecule has 6 nitrogen and oxygen atoms in total. The van der Waals surface area contributed by atoms with Crippen molar-refractivity contribution in [1.82, 2.24) is 14.5 Å². The van der Waals surface area contributed by atoms with Crippen LogP contribution in [0.3, 0.4) is 0 Å². The summed E-state index contributed by atoms with van der Waals surface area (Å²) >= 11 is 0. The Morgan fingerprint density at radius 2 is 1.77 bits per heavy atom. The zero-order chi connectivity index (χ0) is 18.6. The minimum atomic E-state index is -3.86. The summed E-state index contributed by atoms with van der Waals surface area (Å²) in [5.74, 6) is -0.638. The number of hydrogen-bond donors (Lipinski definition) is 1. The van der Waals surface area contributed by atoms with Gasteiger partial charge in [-0.3, -0.25) is 4.79 Å².